The zero-order valence-electron chi connectivity index (χ0n) is 15.9. The lowest BCUT2D eigenvalue weighted by molar-refractivity contribution is 0.102. The number of aromatic nitrogens is 1. The van der Waals surface area contributed by atoms with Crippen molar-refractivity contribution in [2.24, 2.45) is 0 Å². The average Bonchev–Trinajstić information content (AvgIpc) is 2.74. The number of carbonyl (C=O) groups is 1. The van der Waals surface area contributed by atoms with Gasteiger partial charge in [-0.25, -0.2) is 0 Å². The maximum Gasteiger partial charge on any atom is 0.255 e. The SMILES string of the molecule is COc1ccc(CNCc2cccc(NC(=O)c3ccncc3)c2)cc1OC. The van der Waals surface area contributed by atoms with E-state index in [9.17, 15) is 4.79 Å². The van der Waals surface area contributed by atoms with Gasteiger partial charge in [0.2, 0.25) is 0 Å². The Morgan fingerprint density at radius 1 is 0.893 bits per heavy atom. The van der Waals surface area contributed by atoms with Gasteiger partial charge in [0.05, 0.1) is 14.2 Å². The highest BCUT2D eigenvalue weighted by Crippen LogP contribution is 2.27. The molecule has 0 aliphatic carbocycles. The number of nitrogens with one attached hydrogen (secondary N) is 2. The fourth-order valence-corrected chi connectivity index (χ4v) is 2.81. The van der Waals surface area contributed by atoms with E-state index in [0.717, 1.165) is 16.8 Å². The number of methoxy groups -OCH3 is 2. The summed E-state index contributed by atoms with van der Waals surface area (Å²) in [4.78, 5) is 16.2. The molecule has 0 unspecified atom stereocenters. The first kappa shape index (κ1) is 19.4. The topological polar surface area (TPSA) is 72.5 Å². The summed E-state index contributed by atoms with van der Waals surface area (Å²) in [5.74, 6) is 1.27. The van der Waals surface area contributed by atoms with E-state index in [4.69, 9.17) is 9.47 Å². The predicted octanol–water partition coefficient (Wildman–Crippen LogP) is 3.64. The standard InChI is InChI=1S/C22H23N3O3/c1-27-20-7-6-17(13-21(20)28-2)15-24-14-16-4-3-5-19(12-16)25-22(26)18-8-10-23-11-9-18/h3-13,24H,14-15H2,1-2H3,(H,25,26). The van der Waals surface area contributed by atoms with Gasteiger partial charge in [-0.05, 0) is 47.5 Å². The van der Waals surface area contributed by atoms with Crippen molar-refractivity contribution >= 4 is 11.6 Å². The van der Waals surface area contributed by atoms with Crippen LogP contribution in [0.15, 0.2) is 67.0 Å². The molecule has 3 aromatic rings. The van der Waals surface area contributed by atoms with Crippen molar-refractivity contribution < 1.29 is 14.3 Å². The second-order valence-corrected chi connectivity index (χ2v) is 6.18. The Kier molecular flexibility index (Phi) is 6.59. The minimum absolute atomic E-state index is 0.155. The van der Waals surface area contributed by atoms with E-state index in [-0.39, 0.29) is 5.91 Å². The fraction of sp³-hybridized carbons (Fsp3) is 0.182. The molecular formula is C22H23N3O3. The second-order valence-electron chi connectivity index (χ2n) is 6.18. The molecule has 0 spiro atoms. The molecule has 144 valence electrons. The van der Waals surface area contributed by atoms with Gasteiger partial charge in [-0.3, -0.25) is 9.78 Å². The molecule has 0 aliphatic heterocycles. The summed E-state index contributed by atoms with van der Waals surface area (Å²) >= 11 is 0. The van der Waals surface area contributed by atoms with Crippen LogP contribution in [0.25, 0.3) is 0 Å². The van der Waals surface area contributed by atoms with E-state index < -0.39 is 0 Å². The number of ether oxygens (including phenoxy) is 2. The molecule has 1 aromatic heterocycles. The van der Waals surface area contributed by atoms with E-state index in [2.05, 4.69) is 15.6 Å². The number of rotatable bonds is 8. The first-order valence-electron chi connectivity index (χ1n) is 8.91. The van der Waals surface area contributed by atoms with Crippen LogP contribution in [0.1, 0.15) is 21.5 Å². The number of anilines is 1. The maximum atomic E-state index is 12.3. The molecule has 2 aromatic carbocycles. The molecule has 1 amide bonds. The number of benzene rings is 2. The van der Waals surface area contributed by atoms with Crippen LogP contribution in [-0.4, -0.2) is 25.1 Å². The highest BCUT2D eigenvalue weighted by Gasteiger charge is 2.07. The maximum absolute atomic E-state index is 12.3. The lowest BCUT2D eigenvalue weighted by Gasteiger charge is -2.11. The van der Waals surface area contributed by atoms with Crippen LogP contribution < -0.4 is 20.1 Å². The van der Waals surface area contributed by atoms with Gasteiger partial charge in [0.25, 0.3) is 5.91 Å². The van der Waals surface area contributed by atoms with Crippen molar-refractivity contribution in [3.05, 3.63) is 83.7 Å². The Balaban J connectivity index is 1.57. The average molecular weight is 377 g/mol. The summed E-state index contributed by atoms with van der Waals surface area (Å²) in [5.41, 5.74) is 3.51. The Hall–Kier alpha value is -3.38. The summed E-state index contributed by atoms with van der Waals surface area (Å²) in [5, 5.41) is 6.31. The van der Waals surface area contributed by atoms with Crippen molar-refractivity contribution in [3.8, 4) is 11.5 Å². The first-order valence-corrected chi connectivity index (χ1v) is 8.91. The zero-order chi connectivity index (χ0) is 19.8. The minimum Gasteiger partial charge on any atom is -0.493 e. The Labute approximate surface area is 164 Å². The van der Waals surface area contributed by atoms with Gasteiger partial charge < -0.3 is 20.1 Å². The lowest BCUT2D eigenvalue weighted by atomic mass is 10.1. The van der Waals surface area contributed by atoms with Crippen LogP contribution in [0, 0.1) is 0 Å². The Morgan fingerprint density at radius 2 is 1.61 bits per heavy atom. The van der Waals surface area contributed by atoms with Gasteiger partial charge >= 0.3 is 0 Å². The third-order valence-electron chi connectivity index (χ3n) is 4.23. The third kappa shape index (κ3) is 5.08. The van der Waals surface area contributed by atoms with Gasteiger partial charge in [0, 0.05) is 36.7 Å². The van der Waals surface area contributed by atoms with Crippen molar-refractivity contribution in [3.63, 3.8) is 0 Å². The molecule has 2 N–H and O–H groups in total. The van der Waals surface area contributed by atoms with E-state index in [0.29, 0.717) is 30.2 Å². The number of carbonyl (C=O) groups excluding carboxylic acids is 1. The van der Waals surface area contributed by atoms with Crippen LogP contribution in [0.3, 0.4) is 0 Å². The third-order valence-corrected chi connectivity index (χ3v) is 4.23. The van der Waals surface area contributed by atoms with Crippen LogP contribution in [0.2, 0.25) is 0 Å². The smallest absolute Gasteiger partial charge is 0.255 e. The molecule has 0 fully saturated rings. The number of nitrogens with zero attached hydrogens (tertiary/aromatic N) is 1. The van der Waals surface area contributed by atoms with Gasteiger partial charge in [-0.1, -0.05) is 18.2 Å². The van der Waals surface area contributed by atoms with Gasteiger partial charge in [-0.2, -0.15) is 0 Å². The van der Waals surface area contributed by atoms with Crippen molar-refractivity contribution in [1.82, 2.24) is 10.3 Å². The van der Waals surface area contributed by atoms with Crippen LogP contribution in [0.5, 0.6) is 11.5 Å². The molecule has 0 saturated carbocycles. The van der Waals surface area contributed by atoms with Gasteiger partial charge in [0.1, 0.15) is 0 Å². The second kappa shape index (κ2) is 9.53. The summed E-state index contributed by atoms with van der Waals surface area (Å²) in [6.45, 7) is 1.36. The molecule has 0 saturated heterocycles. The van der Waals surface area contributed by atoms with Crippen molar-refractivity contribution in [2.75, 3.05) is 19.5 Å². The summed E-state index contributed by atoms with van der Waals surface area (Å²) in [6, 6.07) is 17.0. The monoisotopic (exact) mass is 377 g/mol. The van der Waals surface area contributed by atoms with Crippen LogP contribution >= 0.6 is 0 Å². The minimum atomic E-state index is -0.155. The number of hydrogen-bond donors (Lipinski definition) is 2. The summed E-state index contributed by atoms with van der Waals surface area (Å²) in [6.07, 6.45) is 3.20. The molecule has 6 nitrogen and oxygen atoms in total. The van der Waals surface area contributed by atoms with E-state index in [1.807, 2.05) is 42.5 Å². The van der Waals surface area contributed by atoms with Gasteiger partial charge in [0.15, 0.2) is 11.5 Å². The molecule has 1 heterocycles. The molecule has 0 atom stereocenters. The Bertz CT molecular complexity index is 929. The number of pyridine rings is 1. The molecule has 0 aliphatic rings. The molecule has 3 rings (SSSR count). The van der Waals surface area contributed by atoms with Crippen molar-refractivity contribution in [2.45, 2.75) is 13.1 Å². The zero-order valence-corrected chi connectivity index (χ0v) is 15.9. The molecule has 0 bridgehead atoms. The normalized spacial score (nSPS) is 10.4. The number of amides is 1. The number of hydrogen-bond acceptors (Lipinski definition) is 5. The largest absolute Gasteiger partial charge is 0.493 e. The van der Waals surface area contributed by atoms with E-state index in [1.165, 1.54) is 0 Å². The van der Waals surface area contributed by atoms with Crippen molar-refractivity contribution in [1.29, 1.82) is 0 Å². The molecular weight excluding hydrogens is 354 g/mol. The highest BCUT2D eigenvalue weighted by atomic mass is 16.5. The highest BCUT2D eigenvalue weighted by molar-refractivity contribution is 6.04. The summed E-state index contributed by atoms with van der Waals surface area (Å²) in [7, 11) is 3.25. The Morgan fingerprint density at radius 3 is 2.32 bits per heavy atom. The quantitative estimate of drug-likeness (QED) is 0.627. The predicted molar refractivity (Wildman–Crippen MR) is 109 cm³/mol. The van der Waals surface area contributed by atoms with Crippen LogP contribution in [0.4, 0.5) is 5.69 Å². The summed E-state index contributed by atoms with van der Waals surface area (Å²) < 4.78 is 10.6. The van der Waals surface area contributed by atoms with Crippen LogP contribution in [-0.2, 0) is 13.1 Å². The van der Waals surface area contributed by atoms with E-state index >= 15 is 0 Å². The first-order chi connectivity index (χ1) is 13.7. The lowest BCUT2D eigenvalue weighted by Crippen LogP contribution is -2.14. The molecule has 0 radical (unpaired) electrons. The molecule has 6 heteroatoms. The van der Waals surface area contributed by atoms with Gasteiger partial charge in [-0.15, -0.1) is 0 Å². The van der Waals surface area contributed by atoms with E-state index in [1.54, 1.807) is 38.7 Å². The molecule has 28 heavy (non-hydrogen) atoms. The fourth-order valence-electron chi connectivity index (χ4n) is 2.81.